The van der Waals surface area contributed by atoms with E-state index in [1.165, 1.54) is 0 Å². The quantitative estimate of drug-likeness (QED) is 0.851. The Labute approximate surface area is 131 Å². The van der Waals surface area contributed by atoms with Crippen LogP contribution in [-0.2, 0) is 0 Å². The van der Waals surface area contributed by atoms with Gasteiger partial charge in [-0.25, -0.2) is 4.68 Å². The number of carbonyl (C=O) groups is 1. The third-order valence-corrected chi connectivity index (χ3v) is 4.51. The van der Waals surface area contributed by atoms with Gasteiger partial charge >= 0.3 is 0 Å². The van der Waals surface area contributed by atoms with Crippen LogP contribution in [-0.4, -0.2) is 32.7 Å². The summed E-state index contributed by atoms with van der Waals surface area (Å²) in [5.41, 5.74) is 3.79. The molecule has 1 aliphatic heterocycles. The summed E-state index contributed by atoms with van der Waals surface area (Å²) >= 11 is 0. The van der Waals surface area contributed by atoms with Crippen molar-refractivity contribution in [3.8, 4) is 5.69 Å². The van der Waals surface area contributed by atoms with Crippen molar-refractivity contribution in [3.63, 3.8) is 0 Å². The summed E-state index contributed by atoms with van der Waals surface area (Å²) in [6.07, 6.45) is 2.16. The molecule has 1 fully saturated rings. The lowest BCUT2D eigenvalue weighted by atomic mass is 10.0. The average molecular weight is 297 g/mol. The highest BCUT2D eigenvalue weighted by Crippen LogP contribution is 2.29. The molecule has 0 saturated carbocycles. The maximum Gasteiger partial charge on any atom is 0.254 e. The van der Waals surface area contributed by atoms with E-state index in [9.17, 15) is 4.79 Å². The Morgan fingerprint density at radius 3 is 2.36 bits per heavy atom. The van der Waals surface area contributed by atoms with Crippen LogP contribution in [0.25, 0.3) is 5.69 Å². The van der Waals surface area contributed by atoms with E-state index in [0.29, 0.717) is 0 Å². The van der Waals surface area contributed by atoms with E-state index in [1.54, 1.807) is 0 Å². The summed E-state index contributed by atoms with van der Waals surface area (Å²) in [5.74, 6) is 0.127. The third kappa shape index (κ3) is 2.54. The van der Waals surface area contributed by atoms with Crippen molar-refractivity contribution in [1.29, 1.82) is 0 Å². The summed E-state index contributed by atoms with van der Waals surface area (Å²) in [4.78, 5) is 14.7. The van der Waals surface area contributed by atoms with Gasteiger partial charge in [-0.05, 0) is 70.9 Å². The molecule has 1 aliphatic rings. The van der Waals surface area contributed by atoms with Crippen molar-refractivity contribution in [2.45, 2.75) is 46.1 Å². The number of amides is 1. The monoisotopic (exact) mass is 297 g/mol. The Bertz CT molecular complexity index is 698. The first-order valence-electron chi connectivity index (χ1n) is 7.84. The second kappa shape index (κ2) is 5.27. The number of nitrogens with zero attached hydrogens (tertiary/aromatic N) is 3. The summed E-state index contributed by atoms with van der Waals surface area (Å²) in [5, 5.41) is 4.48. The highest BCUT2D eigenvalue weighted by atomic mass is 16.2. The molecular weight excluding hydrogens is 274 g/mol. The number of hydrogen-bond acceptors (Lipinski definition) is 2. The van der Waals surface area contributed by atoms with Gasteiger partial charge in [0.05, 0.1) is 11.4 Å². The summed E-state index contributed by atoms with van der Waals surface area (Å²) < 4.78 is 1.91. The molecule has 3 rings (SSSR count). The zero-order valence-electron chi connectivity index (χ0n) is 13.8. The zero-order valence-corrected chi connectivity index (χ0v) is 13.8. The molecule has 116 valence electrons. The Morgan fingerprint density at radius 2 is 1.86 bits per heavy atom. The Hall–Kier alpha value is -2.10. The molecule has 22 heavy (non-hydrogen) atoms. The highest BCUT2D eigenvalue weighted by Gasteiger charge is 2.35. The molecule has 0 aliphatic carbocycles. The molecule has 1 aromatic carbocycles. The molecule has 0 bridgehead atoms. The number of carbonyl (C=O) groups excluding carboxylic acids is 1. The Kier molecular flexibility index (Phi) is 3.55. The van der Waals surface area contributed by atoms with E-state index in [0.717, 1.165) is 42.0 Å². The maximum absolute atomic E-state index is 12.7. The van der Waals surface area contributed by atoms with E-state index in [-0.39, 0.29) is 11.4 Å². The lowest BCUT2D eigenvalue weighted by Crippen LogP contribution is -2.42. The lowest BCUT2D eigenvalue weighted by molar-refractivity contribution is 0.0652. The SMILES string of the molecule is Cc1cc(C)n(-c2ccc(C(=O)N3CCCC3(C)C)cc2)n1. The highest BCUT2D eigenvalue weighted by molar-refractivity contribution is 5.95. The third-order valence-electron chi connectivity index (χ3n) is 4.51. The van der Waals surface area contributed by atoms with Crippen molar-refractivity contribution in [2.24, 2.45) is 0 Å². The molecule has 0 unspecified atom stereocenters. The normalized spacial score (nSPS) is 17.0. The first kappa shape index (κ1) is 14.8. The fourth-order valence-electron chi connectivity index (χ4n) is 3.28. The second-order valence-corrected chi connectivity index (χ2v) is 6.76. The summed E-state index contributed by atoms with van der Waals surface area (Å²) in [6, 6.07) is 9.79. The van der Waals surface area contributed by atoms with Crippen molar-refractivity contribution in [2.75, 3.05) is 6.54 Å². The van der Waals surface area contributed by atoms with Gasteiger partial charge in [-0.15, -0.1) is 0 Å². The van der Waals surface area contributed by atoms with Crippen molar-refractivity contribution in [3.05, 3.63) is 47.3 Å². The van der Waals surface area contributed by atoms with Gasteiger partial charge in [0.25, 0.3) is 5.91 Å². The van der Waals surface area contributed by atoms with Gasteiger partial charge in [0.15, 0.2) is 0 Å². The van der Waals surface area contributed by atoms with E-state index < -0.39 is 0 Å². The number of benzene rings is 1. The van der Waals surface area contributed by atoms with Crippen LogP contribution < -0.4 is 0 Å². The van der Waals surface area contributed by atoms with Crippen LogP contribution in [0.3, 0.4) is 0 Å². The number of likely N-dealkylation sites (tertiary alicyclic amines) is 1. The molecule has 0 N–H and O–H groups in total. The number of aromatic nitrogens is 2. The predicted molar refractivity (Wildman–Crippen MR) is 87.4 cm³/mol. The minimum absolute atomic E-state index is 0.0363. The van der Waals surface area contributed by atoms with Gasteiger partial charge in [0.2, 0.25) is 0 Å². The van der Waals surface area contributed by atoms with Crippen molar-refractivity contribution >= 4 is 5.91 Å². The minimum Gasteiger partial charge on any atom is -0.334 e. The summed E-state index contributed by atoms with van der Waals surface area (Å²) in [7, 11) is 0. The predicted octanol–water partition coefficient (Wildman–Crippen LogP) is 3.50. The molecule has 0 atom stereocenters. The first-order valence-corrected chi connectivity index (χ1v) is 7.84. The molecule has 1 saturated heterocycles. The molecule has 0 radical (unpaired) electrons. The smallest absolute Gasteiger partial charge is 0.254 e. The number of rotatable bonds is 2. The van der Waals surface area contributed by atoms with Gasteiger partial charge in [-0.3, -0.25) is 4.79 Å². The van der Waals surface area contributed by atoms with Gasteiger partial charge in [0, 0.05) is 23.3 Å². The van der Waals surface area contributed by atoms with Crippen LogP contribution >= 0.6 is 0 Å². The topological polar surface area (TPSA) is 38.1 Å². The van der Waals surface area contributed by atoms with Crippen molar-refractivity contribution < 1.29 is 4.79 Å². The zero-order chi connectivity index (χ0) is 15.9. The van der Waals surface area contributed by atoms with Gasteiger partial charge in [-0.1, -0.05) is 0 Å². The summed E-state index contributed by atoms with van der Waals surface area (Å²) in [6.45, 7) is 9.15. The van der Waals surface area contributed by atoms with E-state index in [1.807, 2.05) is 53.8 Å². The molecule has 0 spiro atoms. The first-order chi connectivity index (χ1) is 10.4. The van der Waals surface area contributed by atoms with Crippen LogP contribution in [0.1, 0.15) is 48.4 Å². The molecule has 1 aromatic heterocycles. The molecule has 4 nitrogen and oxygen atoms in total. The van der Waals surface area contributed by atoms with Gasteiger partial charge in [0.1, 0.15) is 0 Å². The van der Waals surface area contributed by atoms with Crippen LogP contribution in [0.2, 0.25) is 0 Å². The fraction of sp³-hybridized carbons (Fsp3) is 0.444. The Balaban J connectivity index is 1.85. The van der Waals surface area contributed by atoms with Crippen LogP contribution in [0.5, 0.6) is 0 Å². The largest absolute Gasteiger partial charge is 0.334 e. The van der Waals surface area contributed by atoms with Crippen LogP contribution in [0.4, 0.5) is 0 Å². The number of hydrogen-bond donors (Lipinski definition) is 0. The minimum atomic E-state index is -0.0363. The van der Waals surface area contributed by atoms with E-state index in [4.69, 9.17) is 0 Å². The average Bonchev–Trinajstić information content (AvgIpc) is 2.99. The molecule has 2 aromatic rings. The molecular formula is C18H23N3O. The molecule has 2 heterocycles. The van der Waals surface area contributed by atoms with Crippen LogP contribution in [0, 0.1) is 13.8 Å². The standard InChI is InChI=1S/C18H23N3O/c1-13-12-14(2)21(19-13)16-8-6-15(7-9-16)17(22)20-11-5-10-18(20,3)4/h6-9,12H,5,10-11H2,1-4H3. The Morgan fingerprint density at radius 1 is 1.18 bits per heavy atom. The van der Waals surface area contributed by atoms with E-state index in [2.05, 4.69) is 18.9 Å². The fourth-order valence-corrected chi connectivity index (χ4v) is 3.28. The van der Waals surface area contributed by atoms with E-state index >= 15 is 0 Å². The van der Waals surface area contributed by atoms with Crippen LogP contribution in [0.15, 0.2) is 30.3 Å². The number of aryl methyl sites for hydroxylation is 2. The molecule has 1 amide bonds. The second-order valence-electron chi connectivity index (χ2n) is 6.76. The van der Waals surface area contributed by atoms with Crippen molar-refractivity contribution in [1.82, 2.24) is 14.7 Å². The van der Waals surface area contributed by atoms with Gasteiger partial charge < -0.3 is 4.90 Å². The maximum atomic E-state index is 12.7. The lowest BCUT2D eigenvalue weighted by Gasteiger charge is -2.31. The van der Waals surface area contributed by atoms with Gasteiger partial charge in [-0.2, -0.15) is 5.10 Å². The molecule has 4 heteroatoms.